The Morgan fingerprint density at radius 1 is 1.45 bits per heavy atom. The van der Waals surface area contributed by atoms with Crippen LogP contribution >= 0.6 is 0 Å². The first-order valence-corrected chi connectivity index (χ1v) is 6.77. The molecular weight excluding hydrogens is 254 g/mol. The van der Waals surface area contributed by atoms with E-state index in [2.05, 4.69) is 5.32 Å². The molecule has 20 heavy (non-hydrogen) atoms. The summed E-state index contributed by atoms with van der Waals surface area (Å²) in [5.41, 5.74) is 6.52. The first kappa shape index (κ1) is 16.5. The number of aliphatic hydroxyl groups is 1. The highest BCUT2D eigenvalue weighted by Gasteiger charge is 2.21. The second-order valence-electron chi connectivity index (χ2n) is 5.76. The van der Waals surface area contributed by atoms with E-state index < -0.39 is 5.60 Å². The zero-order chi connectivity index (χ0) is 15.2. The third kappa shape index (κ3) is 6.54. The Balaban J connectivity index is 2.34. The number of nitrogens with one attached hydrogen (secondary N) is 1. The molecule has 0 spiro atoms. The summed E-state index contributed by atoms with van der Waals surface area (Å²) in [4.78, 5) is 13.7. The normalized spacial score (nSPS) is 14.1. The molecule has 112 valence electrons. The van der Waals surface area contributed by atoms with Gasteiger partial charge in [0.05, 0.1) is 5.60 Å². The van der Waals surface area contributed by atoms with Crippen molar-refractivity contribution in [3.05, 3.63) is 29.8 Å². The SMILES string of the molecule is CN(C)CC(C)(O)CNC(=O)CCc1cccc(N)c1. The minimum Gasteiger partial charge on any atom is -0.399 e. The lowest BCUT2D eigenvalue weighted by Crippen LogP contribution is -2.47. The number of hydrogen-bond donors (Lipinski definition) is 3. The van der Waals surface area contributed by atoms with Crippen LogP contribution in [0.15, 0.2) is 24.3 Å². The molecule has 1 atom stereocenters. The summed E-state index contributed by atoms with van der Waals surface area (Å²) >= 11 is 0. The minimum atomic E-state index is -0.920. The lowest BCUT2D eigenvalue weighted by molar-refractivity contribution is -0.122. The van der Waals surface area contributed by atoms with E-state index in [1.807, 2.05) is 43.3 Å². The summed E-state index contributed by atoms with van der Waals surface area (Å²) in [6.07, 6.45) is 1.04. The molecule has 5 heteroatoms. The van der Waals surface area contributed by atoms with Gasteiger partial charge in [0.25, 0.3) is 0 Å². The van der Waals surface area contributed by atoms with Gasteiger partial charge in [-0.15, -0.1) is 0 Å². The summed E-state index contributed by atoms with van der Waals surface area (Å²) in [5.74, 6) is -0.0635. The van der Waals surface area contributed by atoms with Crippen molar-refractivity contribution in [2.24, 2.45) is 0 Å². The van der Waals surface area contributed by atoms with E-state index in [-0.39, 0.29) is 12.5 Å². The van der Waals surface area contributed by atoms with Gasteiger partial charge in [-0.25, -0.2) is 0 Å². The van der Waals surface area contributed by atoms with E-state index in [1.165, 1.54) is 0 Å². The number of amides is 1. The molecule has 0 aliphatic heterocycles. The Kier molecular flexibility index (Phi) is 5.98. The Hall–Kier alpha value is -1.59. The van der Waals surface area contributed by atoms with Gasteiger partial charge in [0.2, 0.25) is 5.91 Å². The predicted molar refractivity (Wildman–Crippen MR) is 81.4 cm³/mol. The van der Waals surface area contributed by atoms with Gasteiger partial charge in [0.1, 0.15) is 0 Å². The largest absolute Gasteiger partial charge is 0.399 e. The number of nitrogens with zero attached hydrogens (tertiary/aromatic N) is 1. The fourth-order valence-electron chi connectivity index (χ4n) is 2.12. The van der Waals surface area contributed by atoms with Gasteiger partial charge in [-0.05, 0) is 45.1 Å². The zero-order valence-corrected chi connectivity index (χ0v) is 12.5. The van der Waals surface area contributed by atoms with Crippen molar-refractivity contribution in [1.29, 1.82) is 0 Å². The van der Waals surface area contributed by atoms with Crippen LogP contribution < -0.4 is 11.1 Å². The highest BCUT2D eigenvalue weighted by Crippen LogP contribution is 2.09. The van der Waals surface area contributed by atoms with Crippen molar-refractivity contribution in [2.75, 3.05) is 32.9 Å². The number of carbonyl (C=O) groups is 1. The maximum Gasteiger partial charge on any atom is 0.220 e. The molecule has 0 heterocycles. The van der Waals surface area contributed by atoms with Crippen LogP contribution in [0.4, 0.5) is 5.69 Å². The van der Waals surface area contributed by atoms with Crippen molar-refractivity contribution in [2.45, 2.75) is 25.4 Å². The summed E-state index contributed by atoms with van der Waals surface area (Å²) in [5, 5.41) is 12.8. The second kappa shape index (κ2) is 7.26. The molecule has 0 aliphatic rings. The molecule has 0 bridgehead atoms. The number of hydrogen-bond acceptors (Lipinski definition) is 4. The molecule has 0 aliphatic carbocycles. The van der Waals surface area contributed by atoms with Crippen LogP contribution in [0.25, 0.3) is 0 Å². The van der Waals surface area contributed by atoms with Gasteiger partial charge >= 0.3 is 0 Å². The molecule has 4 N–H and O–H groups in total. The van der Waals surface area contributed by atoms with Gasteiger partial charge in [-0.3, -0.25) is 4.79 Å². The van der Waals surface area contributed by atoms with Gasteiger partial charge in [0, 0.05) is 25.2 Å². The number of anilines is 1. The Morgan fingerprint density at radius 3 is 2.75 bits per heavy atom. The van der Waals surface area contributed by atoms with Crippen molar-refractivity contribution >= 4 is 11.6 Å². The molecule has 0 saturated carbocycles. The maximum absolute atomic E-state index is 11.8. The van der Waals surface area contributed by atoms with Crippen LogP contribution in [0.3, 0.4) is 0 Å². The first-order valence-electron chi connectivity index (χ1n) is 6.77. The fourth-order valence-corrected chi connectivity index (χ4v) is 2.12. The van der Waals surface area contributed by atoms with Gasteiger partial charge in [0.15, 0.2) is 0 Å². The van der Waals surface area contributed by atoms with E-state index in [1.54, 1.807) is 6.92 Å². The number of nitrogen functional groups attached to an aromatic ring is 1. The molecule has 0 radical (unpaired) electrons. The average Bonchev–Trinajstić information content (AvgIpc) is 2.32. The Bertz CT molecular complexity index is 444. The standard InChI is InChI=1S/C15H25N3O2/c1-15(20,11-18(2)3)10-17-14(19)8-7-12-5-4-6-13(16)9-12/h4-6,9,20H,7-8,10-11,16H2,1-3H3,(H,17,19). The molecule has 1 amide bonds. The number of aryl methyl sites for hydroxylation is 1. The van der Waals surface area contributed by atoms with Crippen molar-refractivity contribution in [3.8, 4) is 0 Å². The second-order valence-corrected chi connectivity index (χ2v) is 5.76. The van der Waals surface area contributed by atoms with Crippen LogP contribution in [-0.2, 0) is 11.2 Å². The Labute approximate surface area is 120 Å². The number of nitrogens with two attached hydrogens (primary N) is 1. The molecule has 1 rings (SSSR count). The molecular formula is C15H25N3O2. The molecule has 5 nitrogen and oxygen atoms in total. The third-order valence-electron chi connectivity index (χ3n) is 2.92. The van der Waals surface area contributed by atoms with Crippen LogP contribution in [0.2, 0.25) is 0 Å². The third-order valence-corrected chi connectivity index (χ3v) is 2.92. The fraction of sp³-hybridized carbons (Fsp3) is 0.533. The van der Waals surface area contributed by atoms with E-state index in [9.17, 15) is 9.90 Å². The van der Waals surface area contributed by atoms with Crippen molar-refractivity contribution < 1.29 is 9.90 Å². The van der Waals surface area contributed by atoms with E-state index >= 15 is 0 Å². The number of benzene rings is 1. The van der Waals surface area contributed by atoms with Gasteiger partial charge < -0.3 is 21.1 Å². The summed E-state index contributed by atoms with van der Waals surface area (Å²) < 4.78 is 0. The monoisotopic (exact) mass is 279 g/mol. The van der Waals surface area contributed by atoms with Crippen LogP contribution in [-0.4, -0.2) is 48.7 Å². The van der Waals surface area contributed by atoms with E-state index in [0.717, 1.165) is 5.56 Å². The lowest BCUT2D eigenvalue weighted by atomic mass is 10.1. The van der Waals surface area contributed by atoms with Crippen molar-refractivity contribution in [1.82, 2.24) is 10.2 Å². The molecule has 0 fully saturated rings. The molecule has 0 saturated heterocycles. The van der Waals surface area contributed by atoms with Crippen LogP contribution in [0.5, 0.6) is 0 Å². The number of likely N-dealkylation sites (N-methyl/N-ethyl adjacent to an activating group) is 1. The van der Waals surface area contributed by atoms with Crippen LogP contribution in [0.1, 0.15) is 18.9 Å². The molecule has 1 aromatic carbocycles. The lowest BCUT2D eigenvalue weighted by Gasteiger charge is -2.27. The maximum atomic E-state index is 11.8. The van der Waals surface area contributed by atoms with Crippen LogP contribution in [0, 0.1) is 0 Å². The predicted octanol–water partition coefficient (Wildman–Crippen LogP) is 0.630. The highest BCUT2D eigenvalue weighted by atomic mass is 16.3. The van der Waals surface area contributed by atoms with Crippen molar-refractivity contribution in [3.63, 3.8) is 0 Å². The first-order chi connectivity index (χ1) is 9.28. The molecule has 1 aromatic rings. The Morgan fingerprint density at radius 2 is 2.15 bits per heavy atom. The summed E-state index contributed by atoms with van der Waals surface area (Å²) in [7, 11) is 3.77. The summed E-state index contributed by atoms with van der Waals surface area (Å²) in [6.45, 7) is 2.47. The number of carbonyl (C=O) groups excluding carboxylic acids is 1. The van der Waals surface area contributed by atoms with E-state index in [0.29, 0.717) is 25.1 Å². The molecule has 0 aromatic heterocycles. The quantitative estimate of drug-likeness (QED) is 0.640. The summed E-state index contributed by atoms with van der Waals surface area (Å²) in [6, 6.07) is 7.52. The molecule has 1 unspecified atom stereocenters. The zero-order valence-electron chi connectivity index (χ0n) is 12.5. The van der Waals surface area contributed by atoms with Gasteiger partial charge in [-0.1, -0.05) is 12.1 Å². The highest BCUT2D eigenvalue weighted by molar-refractivity contribution is 5.76. The topological polar surface area (TPSA) is 78.6 Å². The minimum absolute atomic E-state index is 0.0635. The average molecular weight is 279 g/mol. The smallest absolute Gasteiger partial charge is 0.220 e. The van der Waals surface area contributed by atoms with E-state index in [4.69, 9.17) is 5.73 Å². The number of rotatable bonds is 7. The van der Waals surface area contributed by atoms with Gasteiger partial charge in [-0.2, -0.15) is 0 Å².